The van der Waals surface area contributed by atoms with Crippen molar-refractivity contribution < 1.29 is 4.79 Å². The molecule has 7 heteroatoms. The maximum absolute atomic E-state index is 12.3. The summed E-state index contributed by atoms with van der Waals surface area (Å²) in [5.41, 5.74) is 3.18. The third-order valence-corrected chi connectivity index (χ3v) is 5.80. The highest BCUT2D eigenvalue weighted by atomic mass is 16.2. The zero-order chi connectivity index (χ0) is 22.2. The maximum Gasteiger partial charge on any atom is 0.321 e. The summed E-state index contributed by atoms with van der Waals surface area (Å²) < 4.78 is 2.29. The van der Waals surface area contributed by atoms with Gasteiger partial charge >= 0.3 is 6.03 Å². The number of aliphatic imine (C=N–C) groups is 1. The molecule has 2 amide bonds. The normalized spacial score (nSPS) is 14.0. The lowest BCUT2D eigenvalue weighted by atomic mass is 10.2. The number of benzene rings is 2. The standard InChI is InChI=1S/C25H32N6O/c1-26-24(27-13-7-16-30-17-12-21-9-2-3-11-23(21)30)28-19-20-8-6-10-22(18-20)29-25(32)31-14-4-5-15-31/h2-3,6,8-12,17-18H,4-5,7,13-16,19H2,1H3,(H,29,32)(H2,26,27,28). The molecule has 2 aromatic carbocycles. The van der Waals surface area contributed by atoms with Crippen LogP contribution < -0.4 is 16.0 Å². The largest absolute Gasteiger partial charge is 0.356 e. The SMILES string of the molecule is CN=C(NCCCn1ccc2ccccc21)NCc1cccc(NC(=O)N2CCCC2)c1. The molecule has 0 saturated carbocycles. The van der Waals surface area contributed by atoms with E-state index in [0.29, 0.717) is 6.54 Å². The first-order chi connectivity index (χ1) is 15.7. The summed E-state index contributed by atoms with van der Waals surface area (Å²) in [5.74, 6) is 0.772. The van der Waals surface area contributed by atoms with Crippen LogP contribution in [-0.4, -0.2) is 48.1 Å². The molecule has 1 saturated heterocycles. The molecule has 0 atom stereocenters. The van der Waals surface area contributed by atoms with Crippen molar-refractivity contribution >= 4 is 28.6 Å². The van der Waals surface area contributed by atoms with Gasteiger partial charge in [0, 0.05) is 57.2 Å². The number of rotatable bonds is 7. The zero-order valence-corrected chi connectivity index (χ0v) is 18.7. The first-order valence-electron chi connectivity index (χ1n) is 11.4. The van der Waals surface area contributed by atoms with Crippen molar-refractivity contribution in [2.75, 3.05) is 32.0 Å². The fourth-order valence-electron chi connectivity index (χ4n) is 4.08. The van der Waals surface area contributed by atoms with Crippen molar-refractivity contribution in [1.82, 2.24) is 20.1 Å². The summed E-state index contributed by atoms with van der Waals surface area (Å²) in [5, 5.41) is 11.0. The van der Waals surface area contributed by atoms with Crippen LogP contribution in [0.25, 0.3) is 10.9 Å². The lowest BCUT2D eigenvalue weighted by Crippen LogP contribution is -2.37. The van der Waals surface area contributed by atoms with Crippen molar-refractivity contribution in [3.8, 4) is 0 Å². The van der Waals surface area contributed by atoms with Crippen molar-refractivity contribution in [3.63, 3.8) is 0 Å². The number of carbonyl (C=O) groups excluding carboxylic acids is 1. The third-order valence-electron chi connectivity index (χ3n) is 5.80. The predicted octanol–water partition coefficient (Wildman–Crippen LogP) is 4.02. The van der Waals surface area contributed by atoms with Crippen LogP contribution >= 0.6 is 0 Å². The van der Waals surface area contributed by atoms with Crippen LogP contribution in [0.4, 0.5) is 10.5 Å². The molecule has 7 nitrogen and oxygen atoms in total. The monoisotopic (exact) mass is 432 g/mol. The molecule has 168 valence electrons. The highest BCUT2D eigenvalue weighted by molar-refractivity contribution is 5.89. The van der Waals surface area contributed by atoms with E-state index in [1.165, 1.54) is 10.9 Å². The fraction of sp³-hybridized carbons (Fsp3) is 0.360. The molecule has 3 N–H and O–H groups in total. The molecule has 1 aromatic heterocycles. The van der Waals surface area contributed by atoms with Gasteiger partial charge in [-0.3, -0.25) is 4.99 Å². The molecule has 4 rings (SSSR count). The highest BCUT2D eigenvalue weighted by Crippen LogP contribution is 2.16. The molecular weight excluding hydrogens is 400 g/mol. The summed E-state index contributed by atoms with van der Waals surface area (Å²) in [6.45, 7) is 4.11. The Morgan fingerprint density at radius 2 is 1.88 bits per heavy atom. The van der Waals surface area contributed by atoms with Crippen LogP contribution in [0, 0.1) is 0 Å². The van der Waals surface area contributed by atoms with Gasteiger partial charge in [-0.2, -0.15) is 0 Å². The number of guanidine groups is 1. The van der Waals surface area contributed by atoms with Gasteiger partial charge in [0.25, 0.3) is 0 Å². The fourth-order valence-corrected chi connectivity index (χ4v) is 4.08. The Morgan fingerprint density at radius 3 is 2.72 bits per heavy atom. The van der Waals surface area contributed by atoms with Crippen molar-refractivity contribution in [1.29, 1.82) is 0 Å². The van der Waals surface area contributed by atoms with Crippen LogP contribution in [0.15, 0.2) is 65.8 Å². The quantitative estimate of drug-likeness (QED) is 0.300. The number of hydrogen-bond donors (Lipinski definition) is 3. The number of aryl methyl sites for hydroxylation is 1. The summed E-state index contributed by atoms with van der Waals surface area (Å²) in [4.78, 5) is 18.5. The van der Waals surface area contributed by atoms with Gasteiger partial charge in [0.2, 0.25) is 0 Å². The highest BCUT2D eigenvalue weighted by Gasteiger charge is 2.17. The van der Waals surface area contributed by atoms with Gasteiger partial charge in [-0.1, -0.05) is 30.3 Å². The van der Waals surface area contributed by atoms with E-state index < -0.39 is 0 Å². The number of aromatic nitrogens is 1. The van der Waals surface area contributed by atoms with Crippen LogP contribution in [0.1, 0.15) is 24.8 Å². The Balaban J connectivity index is 1.21. The molecule has 1 fully saturated rings. The van der Waals surface area contributed by atoms with Crippen molar-refractivity contribution in [2.45, 2.75) is 32.4 Å². The molecule has 3 aromatic rings. The number of likely N-dealkylation sites (tertiary alicyclic amines) is 1. The smallest absolute Gasteiger partial charge is 0.321 e. The minimum absolute atomic E-state index is 0.0134. The van der Waals surface area contributed by atoms with Gasteiger partial charge in [-0.15, -0.1) is 0 Å². The second kappa shape index (κ2) is 10.7. The van der Waals surface area contributed by atoms with Gasteiger partial charge in [0.05, 0.1) is 0 Å². The first kappa shape index (κ1) is 21.7. The number of amides is 2. The number of carbonyl (C=O) groups is 1. The third kappa shape index (κ3) is 5.60. The number of nitrogens with zero attached hydrogens (tertiary/aromatic N) is 3. The number of para-hydroxylation sites is 1. The number of hydrogen-bond acceptors (Lipinski definition) is 2. The topological polar surface area (TPSA) is 73.7 Å². The Kier molecular flexibility index (Phi) is 7.27. The van der Waals surface area contributed by atoms with E-state index in [-0.39, 0.29) is 6.03 Å². The first-order valence-corrected chi connectivity index (χ1v) is 11.4. The molecule has 0 aliphatic carbocycles. The average Bonchev–Trinajstić information content (AvgIpc) is 3.50. The molecule has 2 heterocycles. The van der Waals surface area contributed by atoms with Crippen LogP contribution in [0.3, 0.4) is 0 Å². The molecule has 0 unspecified atom stereocenters. The van der Waals surface area contributed by atoms with E-state index in [9.17, 15) is 4.79 Å². The molecule has 1 aliphatic heterocycles. The van der Waals surface area contributed by atoms with Gasteiger partial charge < -0.3 is 25.4 Å². The molecule has 1 aliphatic rings. The predicted molar refractivity (Wildman–Crippen MR) is 131 cm³/mol. The average molecular weight is 433 g/mol. The molecule has 0 bridgehead atoms. The number of anilines is 1. The summed E-state index contributed by atoms with van der Waals surface area (Å²) in [6.07, 6.45) is 5.32. The van der Waals surface area contributed by atoms with E-state index in [0.717, 1.165) is 62.7 Å². The molecule has 0 spiro atoms. The lowest BCUT2D eigenvalue weighted by molar-refractivity contribution is 0.222. The second-order valence-corrected chi connectivity index (χ2v) is 8.10. The van der Waals surface area contributed by atoms with Crippen molar-refractivity contribution in [3.05, 3.63) is 66.4 Å². The van der Waals surface area contributed by atoms with Gasteiger partial charge in [-0.05, 0) is 54.5 Å². The molecule has 0 radical (unpaired) electrons. The van der Waals surface area contributed by atoms with Gasteiger partial charge in [-0.25, -0.2) is 4.79 Å². The van der Waals surface area contributed by atoms with Crippen LogP contribution in [0.2, 0.25) is 0 Å². The van der Waals surface area contributed by atoms with Crippen molar-refractivity contribution in [2.24, 2.45) is 4.99 Å². The van der Waals surface area contributed by atoms with Crippen LogP contribution in [-0.2, 0) is 13.1 Å². The zero-order valence-electron chi connectivity index (χ0n) is 18.7. The van der Waals surface area contributed by atoms with Gasteiger partial charge in [0.15, 0.2) is 5.96 Å². The molecular formula is C25H32N6O. The number of nitrogens with one attached hydrogen (secondary N) is 3. The number of urea groups is 1. The summed E-state index contributed by atoms with van der Waals surface area (Å²) in [6, 6.07) is 18.5. The van der Waals surface area contributed by atoms with E-state index in [4.69, 9.17) is 0 Å². The summed E-state index contributed by atoms with van der Waals surface area (Å²) in [7, 11) is 1.78. The molecule has 32 heavy (non-hydrogen) atoms. The maximum atomic E-state index is 12.3. The Labute approximate surface area is 189 Å². The number of fused-ring (bicyclic) bond motifs is 1. The van der Waals surface area contributed by atoms with E-state index in [1.807, 2.05) is 29.2 Å². The minimum atomic E-state index is -0.0134. The Hall–Kier alpha value is -3.48. The minimum Gasteiger partial charge on any atom is -0.356 e. The van der Waals surface area contributed by atoms with E-state index in [1.54, 1.807) is 7.05 Å². The second-order valence-electron chi connectivity index (χ2n) is 8.10. The lowest BCUT2D eigenvalue weighted by Gasteiger charge is -2.17. The van der Waals surface area contributed by atoms with Crippen LogP contribution in [0.5, 0.6) is 0 Å². The summed E-state index contributed by atoms with van der Waals surface area (Å²) >= 11 is 0. The Bertz CT molecular complexity index is 1070. The van der Waals surface area contributed by atoms with E-state index >= 15 is 0 Å². The Morgan fingerprint density at radius 1 is 1.03 bits per heavy atom. The van der Waals surface area contributed by atoms with Gasteiger partial charge in [0.1, 0.15) is 0 Å². The van der Waals surface area contributed by atoms with E-state index in [2.05, 4.69) is 62.0 Å².